The molecule has 2 aliphatic rings. The largest absolute Gasteiger partial charge is 0.487 e. The number of nitrogens with one attached hydrogen (secondary N) is 2. The molecule has 2 unspecified atom stereocenters. The van der Waals surface area contributed by atoms with Gasteiger partial charge in [-0.2, -0.15) is 0 Å². The van der Waals surface area contributed by atoms with E-state index in [1.807, 2.05) is 75.4 Å². The quantitative estimate of drug-likeness (QED) is 0.0592. The summed E-state index contributed by atoms with van der Waals surface area (Å²) in [5, 5.41) is 21.8. The molecule has 0 saturated carbocycles. The molecule has 0 aliphatic carbocycles. The number of terminal acetylenes is 1. The number of methoxy groups -OCH3 is 1. The second-order valence-corrected chi connectivity index (χ2v) is 17.9. The lowest BCUT2D eigenvalue weighted by molar-refractivity contribution is -0.134. The van der Waals surface area contributed by atoms with Crippen molar-refractivity contribution < 1.29 is 42.9 Å². The lowest BCUT2D eigenvalue weighted by Crippen LogP contribution is -2.48. The van der Waals surface area contributed by atoms with Gasteiger partial charge in [-0.3, -0.25) is 9.59 Å². The Labute approximate surface area is 415 Å². The highest BCUT2D eigenvalue weighted by Gasteiger charge is 2.48. The number of aromatic nitrogens is 4. The van der Waals surface area contributed by atoms with Gasteiger partial charge >= 0.3 is 0 Å². The zero-order valence-corrected chi connectivity index (χ0v) is 40.7. The Morgan fingerprint density at radius 3 is 2.52 bits per heavy atom. The number of amides is 2. The van der Waals surface area contributed by atoms with Crippen molar-refractivity contribution in [3.63, 3.8) is 0 Å². The third kappa shape index (κ3) is 11.6. The number of benzene rings is 3. The molecule has 3 N–H and O–H groups in total. The number of rotatable bonds is 19. The third-order valence-corrected chi connectivity index (χ3v) is 12.8. The molecule has 0 spiro atoms. The van der Waals surface area contributed by atoms with E-state index in [4.69, 9.17) is 39.6 Å². The number of aliphatic hydroxyl groups is 1. The van der Waals surface area contributed by atoms with Crippen molar-refractivity contribution >= 4 is 51.4 Å². The van der Waals surface area contributed by atoms with Crippen LogP contribution in [0.4, 0.5) is 11.5 Å². The fourth-order valence-corrected chi connectivity index (χ4v) is 9.02. The zero-order chi connectivity index (χ0) is 49.9. The number of fused-ring (bicyclic) bond motifs is 1. The Hall–Kier alpha value is -7.79. The molecule has 0 bridgehead atoms. The van der Waals surface area contributed by atoms with E-state index in [-0.39, 0.29) is 63.0 Å². The number of carbonyl (C=O) groups excluding carboxylic acids is 2. The molecule has 18 heteroatoms. The predicted octanol–water partition coefficient (Wildman–Crippen LogP) is 6.43. The molecular formula is C53H52N8O9S. The first-order chi connectivity index (χ1) is 34.4. The second kappa shape index (κ2) is 22.8. The normalized spacial score (nSPS) is 17.6. The molecule has 2 amide bonds. The van der Waals surface area contributed by atoms with Crippen molar-refractivity contribution in [3.05, 3.63) is 101 Å². The molecule has 3 aromatic carbocycles. The Bertz CT molecular complexity index is 3090. The number of aryl methyl sites for hydroxylation is 1. The molecule has 17 nitrogen and oxygen atoms in total. The zero-order valence-electron chi connectivity index (χ0n) is 39.9. The molecular weight excluding hydrogens is 925 g/mol. The molecule has 71 heavy (non-hydrogen) atoms. The van der Waals surface area contributed by atoms with Crippen LogP contribution in [0.15, 0.2) is 88.1 Å². The first kappa shape index (κ1) is 49.6. The Balaban J connectivity index is 0.826. The van der Waals surface area contributed by atoms with Crippen LogP contribution in [0, 0.1) is 48.9 Å². The van der Waals surface area contributed by atoms with Crippen LogP contribution in [0.5, 0.6) is 17.4 Å². The second-order valence-electron chi connectivity index (χ2n) is 17.1. The van der Waals surface area contributed by atoms with Gasteiger partial charge < -0.3 is 48.8 Å². The maximum atomic E-state index is 14.3. The van der Waals surface area contributed by atoms with Gasteiger partial charge in [0.25, 0.3) is 11.8 Å². The summed E-state index contributed by atoms with van der Waals surface area (Å²) in [6, 6.07) is 19.7. The molecule has 5 heterocycles. The van der Waals surface area contributed by atoms with Gasteiger partial charge in [0, 0.05) is 48.8 Å². The number of ether oxygens (including phenoxy) is 5. The number of carbonyl (C=O) groups is 2. The number of thiazole rings is 1. The van der Waals surface area contributed by atoms with Gasteiger partial charge in [-0.25, -0.2) is 19.9 Å². The Kier molecular flexibility index (Phi) is 15.9. The summed E-state index contributed by atoms with van der Waals surface area (Å²) in [5.41, 5.74) is 5.38. The van der Waals surface area contributed by atoms with Gasteiger partial charge in [-0.15, -0.1) is 17.8 Å². The van der Waals surface area contributed by atoms with Crippen LogP contribution in [-0.4, -0.2) is 113 Å². The molecule has 6 aromatic rings. The predicted molar refractivity (Wildman–Crippen MR) is 267 cm³/mol. The minimum Gasteiger partial charge on any atom is -0.487 e. The highest BCUT2D eigenvalue weighted by molar-refractivity contribution is 7.13. The molecule has 364 valence electrons. The number of nitrogens with zero attached hydrogens (tertiary/aromatic N) is 6. The molecule has 4 atom stereocenters. The molecule has 3 aromatic heterocycles. The standard InChI is InChI=1S/C53H52N8O9S/c1-7-35-13-12-14-38(25-35)57-49-40-27-43(44(67-23-21-65-6)28-41(40)54-31-55-49)68-24-22-66-19-10-8-9-11-20-69-46-29-45(70-60-46)47(33(2)3)51(63)61-30-39(62)26-42(61)50-58-52(64)53(5,59-50)37-17-15-36(16-18-37)48-34(4)56-32-71-48/h1,12-18,25,27-29,31-33,39,42,47,62H,19-24,26,30H2,2-6H3,(H,54,55,57)(H,58,59,64)/t39-,42+,47?,53?/m1/s1. The Morgan fingerprint density at radius 2 is 1.77 bits per heavy atom. The van der Waals surface area contributed by atoms with Gasteiger partial charge in [0.05, 0.1) is 47.0 Å². The van der Waals surface area contributed by atoms with E-state index in [1.165, 1.54) is 6.33 Å². The number of hydrogen-bond acceptors (Lipinski definition) is 16. The van der Waals surface area contributed by atoms with Crippen LogP contribution in [0.3, 0.4) is 0 Å². The maximum Gasteiger partial charge on any atom is 0.257 e. The van der Waals surface area contributed by atoms with Gasteiger partial charge in [0.2, 0.25) is 5.91 Å². The fourth-order valence-electron chi connectivity index (χ4n) is 8.21. The van der Waals surface area contributed by atoms with Crippen LogP contribution in [-0.2, 0) is 24.6 Å². The summed E-state index contributed by atoms with van der Waals surface area (Å²) in [6.45, 7) is 8.76. The van der Waals surface area contributed by atoms with E-state index in [0.29, 0.717) is 58.6 Å². The lowest BCUT2D eigenvalue weighted by Gasteiger charge is -2.29. The van der Waals surface area contributed by atoms with Crippen LogP contribution in [0.25, 0.3) is 21.3 Å². The van der Waals surface area contributed by atoms with Crippen molar-refractivity contribution in [2.24, 2.45) is 10.9 Å². The Morgan fingerprint density at radius 1 is 1.00 bits per heavy atom. The number of aliphatic hydroxyl groups excluding tert-OH is 1. The maximum absolute atomic E-state index is 14.3. The van der Waals surface area contributed by atoms with Gasteiger partial charge in [-0.1, -0.05) is 56.0 Å². The highest BCUT2D eigenvalue weighted by Crippen LogP contribution is 2.38. The summed E-state index contributed by atoms with van der Waals surface area (Å²) in [7, 11) is 1.60. The number of anilines is 2. The summed E-state index contributed by atoms with van der Waals surface area (Å²) in [4.78, 5) is 48.6. The molecule has 2 aliphatic heterocycles. The van der Waals surface area contributed by atoms with E-state index >= 15 is 0 Å². The van der Waals surface area contributed by atoms with E-state index in [9.17, 15) is 14.7 Å². The SMILES string of the molecule is C#Cc1cccc(Nc2ncnc3cc(OCCOC)c(OCCOCC#CC#CCOc4cc(C(C(=O)N5C[C@H](O)C[C@H]5C5=NC(C)(c6ccc(-c7scnc7C)cc6)C(=O)N5)C(C)C)on4)cc23)c1. The van der Waals surface area contributed by atoms with Gasteiger partial charge in [0.1, 0.15) is 43.7 Å². The third-order valence-electron chi connectivity index (χ3n) is 11.8. The van der Waals surface area contributed by atoms with Crippen LogP contribution >= 0.6 is 11.3 Å². The van der Waals surface area contributed by atoms with Crippen LogP contribution in [0.1, 0.15) is 55.7 Å². The summed E-state index contributed by atoms with van der Waals surface area (Å²) in [5.74, 6) is 14.5. The van der Waals surface area contributed by atoms with E-state index in [2.05, 4.69) is 60.3 Å². The number of aliphatic imine (C=N–C) groups is 1. The lowest BCUT2D eigenvalue weighted by atomic mass is 9.91. The highest BCUT2D eigenvalue weighted by atomic mass is 32.1. The average molecular weight is 977 g/mol. The molecule has 1 fully saturated rings. The van der Waals surface area contributed by atoms with Crippen molar-refractivity contribution in [2.45, 2.75) is 57.7 Å². The minimum absolute atomic E-state index is 0.0396. The monoisotopic (exact) mass is 976 g/mol. The number of hydrogen-bond donors (Lipinski definition) is 3. The fraction of sp³-hybridized carbons (Fsp3) is 0.340. The molecule has 8 rings (SSSR count). The van der Waals surface area contributed by atoms with E-state index in [0.717, 1.165) is 27.4 Å². The van der Waals surface area contributed by atoms with E-state index in [1.54, 1.807) is 47.9 Å². The van der Waals surface area contributed by atoms with Crippen LogP contribution < -0.4 is 24.8 Å². The van der Waals surface area contributed by atoms with Gasteiger partial charge in [-0.05, 0) is 78.1 Å². The number of β-amino-alcohol motifs (C(OH)–C–C–N with tert-alkyl or cyclic N) is 1. The number of likely N-dealkylation sites (tertiary alicyclic amines) is 1. The van der Waals surface area contributed by atoms with Crippen molar-refractivity contribution in [3.8, 4) is 63.8 Å². The van der Waals surface area contributed by atoms with Crippen LogP contribution in [0.2, 0.25) is 0 Å². The van der Waals surface area contributed by atoms with Crippen molar-refractivity contribution in [1.82, 2.24) is 30.3 Å². The average Bonchev–Trinajstić information content (AvgIpc) is 4.18. The first-order valence-corrected chi connectivity index (χ1v) is 23.7. The smallest absolute Gasteiger partial charge is 0.257 e. The van der Waals surface area contributed by atoms with Crippen molar-refractivity contribution in [1.29, 1.82) is 0 Å². The molecule has 1 saturated heterocycles. The summed E-state index contributed by atoms with van der Waals surface area (Å²) in [6.07, 6.45) is 6.46. The number of amidine groups is 1. The summed E-state index contributed by atoms with van der Waals surface area (Å²) >= 11 is 1.55. The first-order valence-electron chi connectivity index (χ1n) is 22.9. The van der Waals surface area contributed by atoms with Gasteiger partial charge in [0.15, 0.2) is 29.4 Å². The minimum atomic E-state index is -1.23. The van der Waals surface area contributed by atoms with E-state index < -0.39 is 23.6 Å². The topological polar surface area (TPSA) is 205 Å². The summed E-state index contributed by atoms with van der Waals surface area (Å²) < 4.78 is 34.2. The molecule has 0 radical (unpaired) electrons. The van der Waals surface area contributed by atoms with Crippen molar-refractivity contribution in [2.75, 3.05) is 58.6 Å².